The number of nitrogens with one attached hydrogen (secondary N) is 2. The van der Waals surface area contributed by atoms with Crippen LogP contribution in [0.2, 0.25) is 0 Å². The van der Waals surface area contributed by atoms with Crippen molar-refractivity contribution in [3.63, 3.8) is 0 Å². The van der Waals surface area contributed by atoms with Gasteiger partial charge >= 0.3 is 0 Å². The van der Waals surface area contributed by atoms with E-state index in [1.54, 1.807) is 0 Å². The Kier molecular flexibility index (Phi) is 7.39. The predicted molar refractivity (Wildman–Crippen MR) is 123 cm³/mol. The van der Waals surface area contributed by atoms with Crippen LogP contribution in [0.5, 0.6) is 0 Å². The van der Waals surface area contributed by atoms with Crippen LogP contribution in [0.1, 0.15) is 56.1 Å². The SMILES string of the molecule is O=C1N[C@@H](Cc2ccccc2)CC1CCCCCC1C[C@H](Cc2ccccc2)NC1=O. The smallest absolute Gasteiger partial charge is 0.223 e. The maximum absolute atomic E-state index is 12.3. The van der Waals surface area contributed by atoms with Crippen LogP contribution in [0.15, 0.2) is 60.7 Å². The fraction of sp³-hybridized carbons (Fsp3) is 0.481. The zero-order valence-electron chi connectivity index (χ0n) is 18.3. The van der Waals surface area contributed by atoms with E-state index in [1.807, 2.05) is 12.1 Å². The molecule has 0 aromatic heterocycles. The van der Waals surface area contributed by atoms with Crippen molar-refractivity contribution in [2.45, 2.75) is 69.9 Å². The van der Waals surface area contributed by atoms with Gasteiger partial charge in [0.25, 0.3) is 0 Å². The molecule has 2 aliphatic rings. The maximum Gasteiger partial charge on any atom is 0.223 e. The Hall–Kier alpha value is -2.62. The number of unbranched alkanes of at least 4 members (excludes halogenated alkanes) is 2. The molecular formula is C27H34N2O2. The second kappa shape index (κ2) is 10.6. The van der Waals surface area contributed by atoms with E-state index in [0.29, 0.717) is 0 Å². The average Bonchev–Trinajstić information content (AvgIpc) is 3.30. The summed E-state index contributed by atoms with van der Waals surface area (Å²) in [5.74, 6) is 0.747. The van der Waals surface area contributed by atoms with Gasteiger partial charge in [0.1, 0.15) is 0 Å². The standard InChI is InChI=1S/C27H34N2O2/c30-26-22(18-24(28-26)16-20-10-4-1-5-11-20)14-8-3-9-15-23-19-25(29-27(23)31)17-21-12-6-2-7-13-21/h1-2,4-7,10-13,22-25H,3,8-9,14-19H2,(H,28,30)(H,29,31)/t22?,23?,24-,25-/m0/s1. The summed E-state index contributed by atoms with van der Waals surface area (Å²) in [6.07, 6.45) is 8.89. The van der Waals surface area contributed by atoms with E-state index < -0.39 is 0 Å². The summed E-state index contributed by atoms with van der Waals surface area (Å²) in [7, 11) is 0. The van der Waals surface area contributed by atoms with Gasteiger partial charge in [0.2, 0.25) is 11.8 Å². The summed E-state index contributed by atoms with van der Waals surface area (Å²) in [6, 6.07) is 21.3. The number of benzene rings is 2. The van der Waals surface area contributed by atoms with Crippen LogP contribution in [0.4, 0.5) is 0 Å². The molecule has 4 heteroatoms. The molecule has 2 saturated heterocycles. The molecule has 2 aromatic carbocycles. The average molecular weight is 419 g/mol. The van der Waals surface area contributed by atoms with Crippen LogP contribution >= 0.6 is 0 Å². The first-order valence-corrected chi connectivity index (χ1v) is 11.9. The van der Waals surface area contributed by atoms with Crippen molar-refractivity contribution in [2.24, 2.45) is 11.8 Å². The van der Waals surface area contributed by atoms with E-state index in [0.717, 1.165) is 57.8 Å². The fourth-order valence-corrected chi connectivity index (χ4v) is 5.18. The number of amides is 2. The summed E-state index contributed by atoms with van der Waals surface area (Å²) in [5, 5.41) is 6.35. The lowest BCUT2D eigenvalue weighted by Crippen LogP contribution is -2.28. The van der Waals surface area contributed by atoms with Gasteiger partial charge in [0, 0.05) is 23.9 Å². The third-order valence-corrected chi connectivity index (χ3v) is 6.83. The lowest BCUT2D eigenvalue weighted by molar-refractivity contribution is -0.123. The number of carbonyl (C=O) groups excluding carboxylic acids is 2. The highest BCUT2D eigenvalue weighted by atomic mass is 16.2. The Bertz CT molecular complexity index is 781. The molecule has 2 amide bonds. The van der Waals surface area contributed by atoms with Crippen LogP contribution in [0.3, 0.4) is 0 Å². The molecule has 2 aromatic rings. The van der Waals surface area contributed by atoms with E-state index in [2.05, 4.69) is 59.2 Å². The minimum absolute atomic E-state index is 0.152. The van der Waals surface area contributed by atoms with Gasteiger partial charge < -0.3 is 10.6 Å². The van der Waals surface area contributed by atoms with Gasteiger partial charge in [-0.25, -0.2) is 0 Å². The second-order valence-corrected chi connectivity index (χ2v) is 9.29. The van der Waals surface area contributed by atoms with Gasteiger partial charge in [-0.05, 0) is 49.7 Å². The molecule has 2 heterocycles. The Morgan fingerprint density at radius 2 is 1.03 bits per heavy atom. The molecular weight excluding hydrogens is 384 g/mol. The van der Waals surface area contributed by atoms with Gasteiger partial charge in [-0.15, -0.1) is 0 Å². The van der Waals surface area contributed by atoms with Crippen LogP contribution < -0.4 is 10.6 Å². The van der Waals surface area contributed by atoms with E-state index in [9.17, 15) is 9.59 Å². The molecule has 164 valence electrons. The first kappa shape index (κ1) is 21.6. The maximum atomic E-state index is 12.3. The normalized spacial score (nSPS) is 25.4. The monoisotopic (exact) mass is 418 g/mol. The molecule has 0 bridgehead atoms. The molecule has 2 N–H and O–H groups in total. The van der Waals surface area contributed by atoms with Gasteiger partial charge in [-0.2, -0.15) is 0 Å². The van der Waals surface area contributed by atoms with Crippen LogP contribution in [-0.4, -0.2) is 23.9 Å². The molecule has 2 fully saturated rings. The number of hydrogen-bond donors (Lipinski definition) is 2. The quantitative estimate of drug-likeness (QED) is 0.561. The molecule has 0 saturated carbocycles. The highest BCUT2D eigenvalue weighted by Gasteiger charge is 2.32. The van der Waals surface area contributed by atoms with Crippen molar-refractivity contribution in [1.29, 1.82) is 0 Å². The molecule has 4 atom stereocenters. The minimum Gasteiger partial charge on any atom is -0.353 e. The predicted octanol–water partition coefficient (Wildman–Crippen LogP) is 4.43. The van der Waals surface area contributed by atoms with Crippen molar-refractivity contribution in [2.75, 3.05) is 0 Å². The van der Waals surface area contributed by atoms with Gasteiger partial charge in [-0.1, -0.05) is 79.9 Å². The zero-order valence-corrected chi connectivity index (χ0v) is 18.3. The minimum atomic E-state index is 0.152. The molecule has 31 heavy (non-hydrogen) atoms. The van der Waals surface area contributed by atoms with Crippen LogP contribution in [0.25, 0.3) is 0 Å². The summed E-state index contributed by atoms with van der Waals surface area (Å²) in [5.41, 5.74) is 2.57. The highest BCUT2D eigenvalue weighted by Crippen LogP contribution is 2.27. The molecule has 0 aliphatic carbocycles. The number of hydrogen-bond acceptors (Lipinski definition) is 2. The highest BCUT2D eigenvalue weighted by molar-refractivity contribution is 5.81. The Labute approximate surface area is 185 Å². The molecule has 4 nitrogen and oxygen atoms in total. The number of rotatable bonds is 10. The largest absolute Gasteiger partial charge is 0.353 e. The van der Waals surface area contributed by atoms with Crippen molar-refractivity contribution in [1.82, 2.24) is 10.6 Å². The summed E-state index contributed by atoms with van der Waals surface area (Å²) in [4.78, 5) is 24.6. The van der Waals surface area contributed by atoms with Gasteiger partial charge in [0.05, 0.1) is 0 Å². The molecule has 0 radical (unpaired) electrons. The first-order valence-electron chi connectivity index (χ1n) is 11.9. The van der Waals surface area contributed by atoms with Gasteiger partial charge in [-0.3, -0.25) is 9.59 Å². The van der Waals surface area contributed by atoms with Crippen molar-refractivity contribution >= 4 is 11.8 Å². The Balaban J connectivity index is 1.11. The lowest BCUT2D eigenvalue weighted by atomic mass is 9.93. The first-order chi connectivity index (χ1) is 15.2. The van der Waals surface area contributed by atoms with Crippen molar-refractivity contribution < 1.29 is 9.59 Å². The topological polar surface area (TPSA) is 58.2 Å². The lowest BCUT2D eigenvalue weighted by Gasteiger charge is -2.10. The van der Waals surface area contributed by atoms with E-state index in [4.69, 9.17) is 0 Å². The van der Waals surface area contributed by atoms with E-state index >= 15 is 0 Å². The summed E-state index contributed by atoms with van der Waals surface area (Å²) < 4.78 is 0. The molecule has 0 spiro atoms. The third-order valence-electron chi connectivity index (χ3n) is 6.83. The van der Waals surface area contributed by atoms with Gasteiger partial charge in [0.15, 0.2) is 0 Å². The third kappa shape index (κ3) is 6.19. The zero-order chi connectivity index (χ0) is 21.5. The number of carbonyl (C=O) groups is 2. The fourth-order valence-electron chi connectivity index (χ4n) is 5.18. The Morgan fingerprint density at radius 1 is 0.613 bits per heavy atom. The van der Waals surface area contributed by atoms with Crippen molar-refractivity contribution in [3.05, 3.63) is 71.8 Å². The molecule has 2 unspecified atom stereocenters. The Morgan fingerprint density at radius 3 is 1.45 bits per heavy atom. The second-order valence-electron chi connectivity index (χ2n) is 9.29. The summed E-state index contributed by atoms with van der Waals surface area (Å²) in [6.45, 7) is 0. The summed E-state index contributed by atoms with van der Waals surface area (Å²) >= 11 is 0. The van der Waals surface area contributed by atoms with Crippen molar-refractivity contribution in [3.8, 4) is 0 Å². The van der Waals surface area contributed by atoms with E-state index in [1.165, 1.54) is 11.1 Å². The van der Waals surface area contributed by atoms with Crippen LogP contribution in [0, 0.1) is 11.8 Å². The van der Waals surface area contributed by atoms with Crippen LogP contribution in [-0.2, 0) is 22.4 Å². The van der Waals surface area contributed by atoms with E-state index in [-0.39, 0.29) is 35.7 Å². The molecule has 2 aliphatic heterocycles. The molecule has 4 rings (SSSR count).